The Bertz CT molecular complexity index is 851. The largest absolute Gasteiger partial charge is 0.449 e. The van der Waals surface area contributed by atoms with Crippen LogP contribution in [-0.2, 0) is 0 Å². The van der Waals surface area contributed by atoms with Crippen LogP contribution in [0.3, 0.4) is 0 Å². The predicted molar refractivity (Wildman–Crippen MR) is 90.1 cm³/mol. The van der Waals surface area contributed by atoms with Crippen molar-refractivity contribution in [3.05, 3.63) is 45.6 Å². The summed E-state index contributed by atoms with van der Waals surface area (Å²) in [5.74, 6) is 0.285. The van der Waals surface area contributed by atoms with Gasteiger partial charge < -0.3 is 4.42 Å². The highest BCUT2D eigenvalue weighted by molar-refractivity contribution is 7.14. The van der Waals surface area contributed by atoms with E-state index in [-0.39, 0.29) is 11.7 Å². The minimum atomic E-state index is -0.311. The number of anilines is 1. The average molecular weight is 335 g/mol. The number of aromatic nitrogens is 1. The molecule has 0 aliphatic carbocycles. The van der Waals surface area contributed by atoms with Crippen LogP contribution in [0.15, 0.2) is 28.0 Å². The van der Waals surface area contributed by atoms with Crippen molar-refractivity contribution in [2.24, 2.45) is 0 Å². The third-order valence-corrected chi connectivity index (χ3v) is 4.53. The molecule has 3 aromatic rings. The maximum Gasteiger partial charge on any atom is 0.293 e. The number of halogens is 1. The number of thiazole rings is 1. The first kappa shape index (κ1) is 15.1. The SMILES string of the molecule is Cc1c(C(=O)Nc2nc(C(C)C)cs2)oc2c(Cl)cccc12. The molecule has 6 heteroatoms. The summed E-state index contributed by atoms with van der Waals surface area (Å²) in [6.45, 7) is 5.97. The summed E-state index contributed by atoms with van der Waals surface area (Å²) < 4.78 is 5.65. The van der Waals surface area contributed by atoms with Gasteiger partial charge in [0, 0.05) is 16.3 Å². The lowest BCUT2D eigenvalue weighted by atomic mass is 10.1. The van der Waals surface area contributed by atoms with Crippen molar-refractivity contribution in [3.8, 4) is 0 Å². The second-order valence-electron chi connectivity index (χ2n) is 5.36. The van der Waals surface area contributed by atoms with Crippen molar-refractivity contribution in [3.63, 3.8) is 0 Å². The number of hydrogen-bond donors (Lipinski definition) is 1. The Labute approximate surface area is 137 Å². The molecule has 0 bridgehead atoms. The van der Waals surface area contributed by atoms with Gasteiger partial charge in [0.05, 0.1) is 10.7 Å². The van der Waals surface area contributed by atoms with Gasteiger partial charge in [-0.25, -0.2) is 4.98 Å². The molecule has 0 fully saturated rings. The van der Waals surface area contributed by atoms with E-state index in [9.17, 15) is 4.79 Å². The maximum absolute atomic E-state index is 12.4. The standard InChI is InChI=1S/C16H15ClN2O2S/c1-8(2)12-7-22-16(18-12)19-15(20)13-9(3)10-5-4-6-11(17)14(10)21-13/h4-8H,1-3H3,(H,18,19,20). The van der Waals surface area contributed by atoms with Gasteiger partial charge in [-0.3, -0.25) is 10.1 Å². The van der Waals surface area contributed by atoms with Crippen molar-refractivity contribution in [2.45, 2.75) is 26.7 Å². The van der Waals surface area contributed by atoms with E-state index in [0.717, 1.165) is 16.6 Å². The van der Waals surface area contributed by atoms with E-state index < -0.39 is 0 Å². The van der Waals surface area contributed by atoms with Crippen molar-refractivity contribution >= 4 is 44.9 Å². The summed E-state index contributed by atoms with van der Waals surface area (Å²) >= 11 is 7.52. The van der Waals surface area contributed by atoms with Crippen LogP contribution < -0.4 is 5.32 Å². The third kappa shape index (κ3) is 2.62. The Kier molecular flexibility index (Phi) is 3.93. The smallest absolute Gasteiger partial charge is 0.293 e. The molecule has 0 saturated carbocycles. The van der Waals surface area contributed by atoms with Crippen LogP contribution in [0.1, 0.15) is 41.6 Å². The molecule has 0 atom stereocenters. The topological polar surface area (TPSA) is 55.1 Å². The number of carbonyl (C=O) groups is 1. The zero-order valence-corrected chi connectivity index (χ0v) is 14.0. The lowest BCUT2D eigenvalue weighted by molar-refractivity contribution is 0.0998. The highest BCUT2D eigenvalue weighted by Crippen LogP contribution is 2.31. The highest BCUT2D eigenvalue weighted by atomic mass is 35.5. The van der Waals surface area contributed by atoms with E-state index in [1.54, 1.807) is 6.07 Å². The summed E-state index contributed by atoms with van der Waals surface area (Å²) in [4.78, 5) is 16.8. The van der Waals surface area contributed by atoms with Crippen LogP contribution in [-0.4, -0.2) is 10.9 Å². The van der Waals surface area contributed by atoms with Gasteiger partial charge >= 0.3 is 0 Å². The van der Waals surface area contributed by atoms with E-state index in [4.69, 9.17) is 16.0 Å². The molecular formula is C16H15ClN2O2S. The van der Waals surface area contributed by atoms with Crippen LogP contribution >= 0.6 is 22.9 Å². The van der Waals surface area contributed by atoms with E-state index in [0.29, 0.717) is 21.7 Å². The molecule has 0 spiro atoms. The first-order valence-electron chi connectivity index (χ1n) is 6.91. The summed E-state index contributed by atoms with van der Waals surface area (Å²) in [5.41, 5.74) is 2.27. The zero-order valence-electron chi connectivity index (χ0n) is 12.4. The molecule has 1 amide bonds. The van der Waals surface area contributed by atoms with Crippen LogP contribution in [0, 0.1) is 6.92 Å². The van der Waals surface area contributed by atoms with Gasteiger partial charge in [0.25, 0.3) is 5.91 Å². The molecular weight excluding hydrogens is 320 g/mol. The Morgan fingerprint density at radius 1 is 1.41 bits per heavy atom. The van der Waals surface area contributed by atoms with Gasteiger partial charge in [-0.1, -0.05) is 37.6 Å². The van der Waals surface area contributed by atoms with Crippen LogP contribution in [0.4, 0.5) is 5.13 Å². The van der Waals surface area contributed by atoms with Gasteiger partial charge in [-0.05, 0) is 18.9 Å². The molecule has 2 aromatic heterocycles. The molecule has 4 nitrogen and oxygen atoms in total. The minimum Gasteiger partial charge on any atom is -0.449 e. The quantitative estimate of drug-likeness (QED) is 0.713. The highest BCUT2D eigenvalue weighted by Gasteiger charge is 2.20. The van der Waals surface area contributed by atoms with Crippen molar-refractivity contribution in [1.82, 2.24) is 4.98 Å². The molecule has 0 radical (unpaired) electrons. The minimum absolute atomic E-state index is 0.268. The van der Waals surface area contributed by atoms with Crippen molar-refractivity contribution in [2.75, 3.05) is 5.32 Å². The van der Waals surface area contributed by atoms with Crippen LogP contribution in [0.2, 0.25) is 5.02 Å². The first-order chi connectivity index (χ1) is 10.5. The fourth-order valence-corrected chi connectivity index (χ4v) is 3.27. The number of benzene rings is 1. The van der Waals surface area contributed by atoms with Crippen molar-refractivity contribution < 1.29 is 9.21 Å². The molecule has 0 aliphatic rings. The summed E-state index contributed by atoms with van der Waals surface area (Å²) in [6, 6.07) is 5.46. The number of nitrogens with zero attached hydrogens (tertiary/aromatic N) is 1. The summed E-state index contributed by atoms with van der Waals surface area (Å²) in [7, 11) is 0. The van der Waals surface area contributed by atoms with Crippen LogP contribution in [0.5, 0.6) is 0 Å². The lowest BCUT2D eigenvalue weighted by Gasteiger charge is -2.00. The third-order valence-electron chi connectivity index (χ3n) is 3.46. The molecule has 3 rings (SSSR count). The molecule has 2 heterocycles. The van der Waals surface area contributed by atoms with Gasteiger partial charge in [-0.2, -0.15) is 0 Å². The number of furan rings is 1. The summed E-state index contributed by atoms with van der Waals surface area (Å²) in [5, 5.41) is 6.65. The van der Waals surface area contributed by atoms with Gasteiger partial charge in [-0.15, -0.1) is 11.3 Å². The van der Waals surface area contributed by atoms with Crippen LogP contribution in [0.25, 0.3) is 11.0 Å². The maximum atomic E-state index is 12.4. The van der Waals surface area contributed by atoms with Gasteiger partial charge in [0.2, 0.25) is 0 Å². The first-order valence-corrected chi connectivity index (χ1v) is 8.17. The zero-order chi connectivity index (χ0) is 15.9. The number of para-hydroxylation sites is 1. The Balaban J connectivity index is 1.91. The number of hydrogen-bond acceptors (Lipinski definition) is 4. The number of fused-ring (bicyclic) bond motifs is 1. The second kappa shape index (κ2) is 5.74. The summed E-state index contributed by atoms with van der Waals surface area (Å²) in [6.07, 6.45) is 0. The van der Waals surface area contributed by atoms with Gasteiger partial charge in [0.15, 0.2) is 16.5 Å². The van der Waals surface area contributed by atoms with Crippen molar-refractivity contribution in [1.29, 1.82) is 0 Å². The monoisotopic (exact) mass is 334 g/mol. The Morgan fingerprint density at radius 2 is 2.18 bits per heavy atom. The molecule has 114 valence electrons. The fraction of sp³-hybridized carbons (Fsp3) is 0.250. The van der Waals surface area contributed by atoms with Gasteiger partial charge in [0.1, 0.15) is 0 Å². The molecule has 1 N–H and O–H groups in total. The Morgan fingerprint density at radius 3 is 2.82 bits per heavy atom. The van der Waals surface area contributed by atoms with E-state index in [1.165, 1.54) is 11.3 Å². The Hall–Kier alpha value is -1.85. The molecule has 1 aromatic carbocycles. The number of aryl methyl sites for hydroxylation is 1. The lowest BCUT2D eigenvalue weighted by Crippen LogP contribution is -2.12. The van der Waals surface area contributed by atoms with E-state index in [2.05, 4.69) is 24.1 Å². The van der Waals surface area contributed by atoms with E-state index >= 15 is 0 Å². The van der Waals surface area contributed by atoms with E-state index in [1.807, 2.05) is 24.4 Å². The number of carbonyl (C=O) groups excluding carboxylic acids is 1. The second-order valence-corrected chi connectivity index (χ2v) is 6.62. The molecule has 22 heavy (non-hydrogen) atoms. The number of amides is 1. The molecule has 0 saturated heterocycles. The molecule has 0 aliphatic heterocycles. The fourth-order valence-electron chi connectivity index (χ4n) is 2.19. The predicted octanol–water partition coefficient (Wildman–Crippen LogP) is 5.23. The number of rotatable bonds is 3. The average Bonchev–Trinajstić information content (AvgIpc) is 3.05. The molecule has 0 unspecified atom stereocenters. The number of nitrogens with one attached hydrogen (secondary N) is 1. The normalized spacial score (nSPS) is 11.3.